The fourth-order valence-corrected chi connectivity index (χ4v) is 4.95. The van der Waals surface area contributed by atoms with Gasteiger partial charge in [-0.1, -0.05) is 42.4 Å². The summed E-state index contributed by atoms with van der Waals surface area (Å²) in [4.78, 5) is 26.8. The Morgan fingerprint density at radius 3 is 2.53 bits per heavy atom. The van der Waals surface area contributed by atoms with E-state index in [-0.39, 0.29) is 11.9 Å². The topological polar surface area (TPSA) is 72.8 Å². The van der Waals surface area contributed by atoms with Gasteiger partial charge in [0.05, 0.1) is 17.3 Å². The van der Waals surface area contributed by atoms with E-state index in [1.54, 1.807) is 4.90 Å². The molecule has 5 rings (SSSR count). The van der Waals surface area contributed by atoms with Crippen molar-refractivity contribution in [3.63, 3.8) is 0 Å². The van der Waals surface area contributed by atoms with E-state index in [0.29, 0.717) is 32.7 Å². The van der Waals surface area contributed by atoms with E-state index in [2.05, 4.69) is 44.5 Å². The summed E-state index contributed by atoms with van der Waals surface area (Å²) in [6, 6.07) is 11.9. The first-order valence-corrected chi connectivity index (χ1v) is 11.1. The van der Waals surface area contributed by atoms with Crippen LogP contribution in [0.4, 0.5) is 11.5 Å². The average Bonchev–Trinajstić information content (AvgIpc) is 2.82. The van der Waals surface area contributed by atoms with Crippen molar-refractivity contribution in [1.82, 2.24) is 14.9 Å². The van der Waals surface area contributed by atoms with Gasteiger partial charge < -0.3 is 19.8 Å². The van der Waals surface area contributed by atoms with Gasteiger partial charge in [-0.05, 0) is 30.0 Å². The first-order chi connectivity index (χ1) is 15.5. The number of aromatic nitrogens is 2. The third-order valence-corrected chi connectivity index (χ3v) is 6.58. The summed E-state index contributed by atoms with van der Waals surface area (Å²) >= 11 is 6.55. The Morgan fingerprint density at radius 1 is 1.03 bits per heavy atom. The van der Waals surface area contributed by atoms with Crippen molar-refractivity contribution in [2.75, 3.05) is 42.5 Å². The summed E-state index contributed by atoms with van der Waals surface area (Å²) < 4.78 is 0. The number of amides is 1. The molecule has 0 aliphatic carbocycles. The zero-order chi connectivity index (χ0) is 22.2. The number of aromatic hydroxyl groups is 1. The van der Waals surface area contributed by atoms with Crippen LogP contribution >= 0.6 is 11.6 Å². The van der Waals surface area contributed by atoms with E-state index in [4.69, 9.17) is 11.6 Å². The van der Waals surface area contributed by atoms with Crippen molar-refractivity contribution in [2.45, 2.75) is 13.0 Å². The number of halogens is 1. The summed E-state index contributed by atoms with van der Waals surface area (Å²) in [5.41, 5.74) is 2.95. The number of fused-ring (bicyclic) bond motifs is 2. The van der Waals surface area contributed by atoms with E-state index < -0.39 is 0 Å². The maximum absolute atomic E-state index is 11.9. The maximum Gasteiger partial charge on any atom is 0.316 e. The predicted octanol–water partition coefficient (Wildman–Crippen LogP) is 3.39. The van der Waals surface area contributed by atoms with Crippen LogP contribution in [-0.4, -0.2) is 58.6 Å². The van der Waals surface area contributed by atoms with Gasteiger partial charge in [0.25, 0.3) is 0 Å². The normalized spacial score (nSPS) is 16.2. The highest BCUT2D eigenvalue weighted by molar-refractivity contribution is 6.36. The molecule has 2 aliphatic rings. The number of hydrogen-bond donors (Lipinski definition) is 1. The molecular weight excluding hydrogens is 426 g/mol. The molecule has 2 aromatic carbocycles. The Morgan fingerprint density at radius 2 is 1.78 bits per heavy atom. The van der Waals surface area contributed by atoms with E-state index in [1.807, 2.05) is 18.2 Å². The van der Waals surface area contributed by atoms with Gasteiger partial charge in [0.1, 0.15) is 5.82 Å². The van der Waals surface area contributed by atoms with Crippen LogP contribution in [0.25, 0.3) is 10.8 Å². The Bertz CT molecular complexity index is 1200. The second-order valence-corrected chi connectivity index (χ2v) is 8.48. The molecule has 1 saturated heterocycles. The number of rotatable bonds is 3. The molecule has 7 nitrogen and oxygen atoms in total. The van der Waals surface area contributed by atoms with Gasteiger partial charge in [-0.2, -0.15) is 9.97 Å². The fourth-order valence-electron chi connectivity index (χ4n) is 4.67. The molecular formula is C24H24ClN5O2. The van der Waals surface area contributed by atoms with Gasteiger partial charge in [-0.3, -0.25) is 4.79 Å². The second-order valence-electron chi connectivity index (χ2n) is 8.08. The van der Waals surface area contributed by atoms with Crippen molar-refractivity contribution >= 4 is 39.8 Å². The average molecular weight is 450 g/mol. The standard InChI is InChI=1S/C24H24ClN5O2/c1-2-21(31)28-11-13-29(14-12-28)23-17-9-10-30(15-19(17)26-24(32)27-23)20-8-4-6-16-5-3-7-18(25)22(16)20/h2-8H,1,9-15H2,(H,26,27,32). The van der Waals surface area contributed by atoms with Gasteiger partial charge in [0, 0.05) is 49.4 Å². The van der Waals surface area contributed by atoms with Gasteiger partial charge in [-0.25, -0.2) is 0 Å². The number of carbonyl (C=O) groups excluding carboxylic acids is 1. The molecule has 3 aromatic rings. The number of nitrogens with zero attached hydrogens (tertiary/aromatic N) is 5. The van der Waals surface area contributed by atoms with Crippen molar-refractivity contribution in [3.05, 3.63) is 65.3 Å². The highest BCUT2D eigenvalue weighted by atomic mass is 35.5. The Kier molecular flexibility index (Phi) is 5.35. The van der Waals surface area contributed by atoms with Crippen molar-refractivity contribution in [1.29, 1.82) is 0 Å². The first-order valence-electron chi connectivity index (χ1n) is 10.7. The SMILES string of the molecule is C=CC(=O)N1CCN(c2nc(O)nc3c2CCN(c2cccc4cccc(Cl)c24)C3)CC1. The van der Waals surface area contributed by atoms with Gasteiger partial charge in [0.2, 0.25) is 5.91 Å². The first kappa shape index (κ1) is 20.6. The third-order valence-electron chi connectivity index (χ3n) is 6.27. The smallest absolute Gasteiger partial charge is 0.316 e. The zero-order valence-electron chi connectivity index (χ0n) is 17.7. The molecule has 164 valence electrons. The number of piperazine rings is 1. The fraction of sp³-hybridized carbons (Fsp3) is 0.292. The molecule has 3 heterocycles. The van der Waals surface area contributed by atoms with Crippen molar-refractivity contribution in [2.24, 2.45) is 0 Å². The molecule has 0 spiro atoms. The molecule has 1 amide bonds. The minimum absolute atomic E-state index is 0.0541. The zero-order valence-corrected chi connectivity index (χ0v) is 18.4. The van der Waals surface area contributed by atoms with E-state index >= 15 is 0 Å². The summed E-state index contributed by atoms with van der Waals surface area (Å²) in [5.74, 6) is 0.718. The predicted molar refractivity (Wildman–Crippen MR) is 126 cm³/mol. The van der Waals surface area contributed by atoms with E-state index in [9.17, 15) is 9.90 Å². The minimum Gasteiger partial charge on any atom is -0.479 e. The highest BCUT2D eigenvalue weighted by Gasteiger charge is 2.28. The van der Waals surface area contributed by atoms with Crippen LogP contribution in [0.15, 0.2) is 49.1 Å². The number of hydrogen-bond acceptors (Lipinski definition) is 6. The molecule has 0 bridgehead atoms. The largest absolute Gasteiger partial charge is 0.479 e. The molecule has 1 fully saturated rings. The van der Waals surface area contributed by atoms with Crippen LogP contribution in [0.2, 0.25) is 5.02 Å². The van der Waals surface area contributed by atoms with Crippen LogP contribution < -0.4 is 9.80 Å². The lowest BCUT2D eigenvalue weighted by Crippen LogP contribution is -2.49. The third kappa shape index (κ3) is 3.62. The number of carbonyl (C=O) groups is 1. The van der Waals surface area contributed by atoms with E-state index in [0.717, 1.165) is 51.5 Å². The van der Waals surface area contributed by atoms with Crippen LogP contribution in [0, 0.1) is 0 Å². The monoisotopic (exact) mass is 449 g/mol. The molecule has 8 heteroatoms. The molecule has 0 unspecified atom stereocenters. The van der Waals surface area contributed by atoms with Gasteiger partial charge in [0.15, 0.2) is 0 Å². The van der Waals surface area contributed by atoms with Crippen LogP contribution in [0.1, 0.15) is 11.3 Å². The second kappa shape index (κ2) is 8.31. The lowest BCUT2D eigenvalue weighted by Gasteiger charge is -2.38. The quantitative estimate of drug-likeness (QED) is 0.618. The lowest BCUT2D eigenvalue weighted by molar-refractivity contribution is -0.126. The summed E-state index contributed by atoms with van der Waals surface area (Å²) in [5, 5.41) is 13.1. The number of benzene rings is 2. The lowest BCUT2D eigenvalue weighted by atomic mass is 10.0. The Labute approximate surface area is 191 Å². The highest BCUT2D eigenvalue weighted by Crippen LogP contribution is 2.36. The molecule has 0 saturated carbocycles. The summed E-state index contributed by atoms with van der Waals surface area (Å²) in [7, 11) is 0. The van der Waals surface area contributed by atoms with Crippen molar-refractivity contribution in [3.8, 4) is 6.01 Å². The van der Waals surface area contributed by atoms with E-state index in [1.165, 1.54) is 6.08 Å². The van der Waals surface area contributed by atoms with Gasteiger partial charge >= 0.3 is 6.01 Å². The summed E-state index contributed by atoms with van der Waals surface area (Å²) in [6.07, 6.45) is 2.11. The number of anilines is 2. The Hall–Kier alpha value is -3.32. The minimum atomic E-state index is -0.221. The molecule has 0 radical (unpaired) electrons. The molecule has 32 heavy (non-hydrogen) atoms. The van der Waals surface area contributed by atoms with Crippen LogP contribution in [0.5, 0.6) is 6.01 Å². The molecule has 1 aromatic heterocycles. The van der Waals surface area contributed by atoms with Crippen molar-refractivity contribution < 1.29 is 9.90 Å². The molecule has 0 atom stereocenters. The van der Waals surface area contributed by atoms with Crippen LogP contribution in [-0.2, 0) is 17.8 Å². The molecule has 2 aliphatic heterocycles. The Balaban J connectivity index is 1.44. The van der Waals surface area contributed by atoms with Gasteiger partial charge in [-0.15, -0.1) is 0 Å². The molecule has 1 N–H and O–H groups in total. The van der Waals surface area contributed by atoms with Crippen LogP contribution in [0.3, 0.4) is 0 Å². The summed E-state index contributed by atoms with van der Waals surface area (Å²) in [6.45, 7) is 7.45. The maximum atomic E-state index is 11.9.